The number of nitrogens with one attached hydrogen (secondary N) is 1. The van der Waals surface area contributed by atoms with E-state index in [1.807, 2.05) is 25.1 Å². The van der Waals surface area contributed by atoms with Gasteiger partial charge in [-0.05, 0) is 37.6 Å². The zero-order valence-corrected chi connectivity index (χ0v) is 17.0. The molecular formula is C20H22Cl2N2O3. The molecule has 0 bridgehead atoms. The van der Waals surface area contributed by atoms with Crippen LogP contribution in [0, 0.1) is 6.92 Å². The number of rotatable bonds is 7. The third kappa shape index (κ3) is 5.37. The minimum absolute atomic E-state index is 0.100. The molecule has 0 aliphatic rings. The van der Waals surface area contributed by atoms with Gasteiger partial charge in [-0.25, -0.2) is 0 Å². The van der Waals surface area contributed by atoms with Gasteiger partial charge in [-0.2, -0.15) is 0 Å². The highest BCUT2D eigenvalue weighted by molar-refractivity contribution is 6.36. The summed E-state index contributed by atoms with van der Waals surface area (Å²) in [6, 6.07) is 11.8. The van der Waals surface area contributed by atoms with E-state index in [0.29, 0.717) is 21.4 Å². The van der Waals surface area contributed by atoms with Crippen molar-refractivity contribution >= 4 is 35.0 Å². The second-order valence-corrected chi connectivity index (χ2v) is 6.88. The van der Waals surface area contributed by atoms with Crippen LogP contribution in [0.25, 0.3) is 0 Å². The molecule has 0 spiro atoms. The van der Waals surface area contributed by atoms with E-state index in [-0.39, 0.29) is 25.0 Å². The molecule has 1 atom stereocenters. The Hall–Kier alpha value is -2.24. The predicted octanol–water partition coefficient (Wildman–Crippen LogP) is 3.84. The van der Waals surface area contributed by atoms with Crippen molar-refractivity contribution in [1.82, 2.24) is 10.2 Å². The van der Waals surface area contributed by atoms with E-state index < -0.39 is 6.04 Å². The topological polar surface area (TPSA) is 58.6 Å². The molecule has 7 heteroatoms. The highest BCUT2D eigenvalue weighted by atomic mass is 35.5. The monoisotopic (exact) mass is 408 g/mol. The molecule has 5 nitrogen and oxygen atoms in total. The van der Waals surface area contributed by atoms with Crippen LogP contribution in [-0.4, -0.2) is 36.4 Å². The second kappa shape index (κ2) is 9.62. The number of hydrogen-bond donors (Lipinski definition) is 1. The molecule has 0 radical (unpaired) electrons. The summed E-state index contributed by atoms with van der Waals surface area (Å²) < 4.78 is 5.65. The Balaban J connectivity index is 2.22. The number of benzene rings is 2. The summed E-state index contributed by atoms with van der Waals surface area (Å²) in [5.41, 5.74) is 1.51. The molecule has 27 heavy (non-hydrogen) atoms. The van der Waals surface area contributed by atoms with Crippen molar-refractivity contribution in [2.45, 2.75) is 26.4 Å². The van der Waals surface area contributed by atoms with Gasteiger partial charge >= 0.3 is 0 Å². The van der Waals surface area contributed by atoms with Gasteiger partial charge in [-0.1, -0.05) is 47.5 Å². The van der Waals surface area contributed by atoms with Crippen LogP contribution < -0.4 is 10.1 Å². The number of aryl methyl sites for hydroxylation is 1. The largest absolute Gasteiger partial charge is 0.484 e. The Labute approximate surface area is 169 Å². The smallest absolute Gasteiger partial charge is 0.261 e. The van der Waals surface area contributed by atoms with Crippen molar-refractivity contribution in [3.05, 3.63) is 63.6 Å². The molecule has 0 heterocycles. The van der Waals surface area contributed by atoms with E-state index in [9.17, 15) is 9.59 Å². The lowest BCUT2D eigenvalue weighted by Crippen LogP contribution is -2.48. The van der Waals surface area contributed by atoms with Crippen LogP contribution in [0.15, 0.2) is 42.5 Å². The van der Waals surface area contributed by atoms with Crippen molar-refractivity contribution in [2.75, 3.05) is 13.7 Å². The molecule has 144 valence electrons. The molecule has 0 aliphatic carbocycles. The van der Waals surface area contributed by atoms with Crippen LogP contribution in [0.1, 0.15) is 18.1 Å². The number of carbonyl (C=O) groups excluding carboxylic acids is 2. The molecule has 2 amide bonds. The Kier molecular flexibility index (Phi) is 7.51. The molecule has 0 aromatic heterocycles. The first kappa shape index (κ1) is 21.1. The van der Waals surface area contributed by atoms with Gasteiger partial charge in [0, 0.05) is 29.2 Å². The number of carbonyl (C=O) groups is 2. The highest BCUT2D eigenvalue weighted by Gasteiger charge is 2.27. The van der Waals surface area contributed by atoms with E-state index in [1.54, 1.807) is 31.2 Å². The number of likely N-dealkylation sites (N-methyl/N-ethyl adjacent to an activating group) is 1. The van der Waals surface area contributed by atoms with E-state index in [0.717, 1.165) is 5.56 Å². The average Bonchev–Trinajstić information content (AvgIpc) is 2.65. The minimum atomic E-state index is -0.713. The van der Waals surface area contributed by atoms with Crippen molar-refractivity contribution in [3.8, 4) is 5.75 Å². The van der Waals surface area contributed by atoms with Crippen LogP contribution in [-0.2, 0) is 16.1 Å². The van der Waals surface area contributed by atoms with Crippen LogP contribution in [0.2, 0.25) is 10.0 Å². The zero-order valence-electron chi connectivity index (χ0n) is 15.5. The quantitative estimate of drug-likeness (QED) is 0.756. The minimum Gasteiger partial charge on any atom is -0.484 e. The maximum absolute atomic E-state index is 12.9. The summed E-state index contributed by atoms with van der Waals surface area (Å²) in [6.45, 7) is 3.45. The number of nitrogens with zero attached hydrogens (tertiary/aromatic N) is 1. The summed E-state index contributed by atoms with van der Waals surface area (Å²) >= 11 is 12.5. The predicted molar refractivity (Wildman–Crippen MR) is 107 cm³/mol. The third-order valence-electron chi connectivity index (χ3n) is 4.25. The van der Waals surface area contributed by atoms with Gasteiger partial charge in [-0.15, -0.1) is 0 Å². The number of ether oxygens (including phenoxy) is 1. The molecule has 0 saturated heterocycles. The van der Waals surface area contributed by atoms with Gasteiger partial charge in [0.2, 0.25) is 5.91 Å². The number of hydrogen-bond acceptors (Lipinski definition) is 3. The molecule has 2 aromatic carbocycles. The van der Waals surface area contributed by atoms with Crippen LogP contribution >= 0.6 is 23.2 Å². The molecule has 0 aliphatic heterocycles. The number of para-hydroxylation sites is 1. The molecule has 2 aromatic rings. The van der Waals surface area contributed by atoms with Gasteiger partial charge in [-0.3, -0.25) is 9.59 Å². The van der Waals surface area contributed by atoms with Gasteiger partial charge in [0.05, 0.1) is 0 Å². The Morgan fingerprint density at radius 3 is 2.33 bits per heavy atom. The first-order chi connectivity index (χ1) is 12.8. The summed E-state index contributed by atoms with van der Waals surface area (Å²) in [7, 11) is 1.52. The lowest BCUT2D eigenvalue weighted by atomic mass is 10.1. The summed E-state index contributed by atoms with van der Waals surface area (Å²) in [4.78, 5) is 26.4. The van der Waals surface area contributed by atoms with Crippen molar-refractivity contribution in [2.24, 2.45) is 0 Å². The van der Waals surface area contributed by atoms with E-state index in [2.05, 4.69) is 5.32 Å². The lowest BCUT2D eigenvalue weighted by Gasteiger charge is -2.29. The fraction of sp³-hybridized carbons (Fsp3) is 0.300. The zero-order chi connectivity index (χ0) is 20.0. The molecule has 0 saturated carbocycles. The summed E-state index contributed by atoms with van der Waals surface area (Å²) in [5.74, 6) is -0.0121. The van der Waals surface area contributed by atoms with Crippen molar-refractivity contribution in [1.29, 1.82) is 0 Å². The van der Waals surface area contributed by atoms with Crippen molar-refractivity contribution in [3.63, 3.8) is 0 Å². The van der Waals surface area contributed by atoms with Crippen molar-refractivity contribution < 1.29 is 14.3 Å². The Bertz CT molecular complexity index is 806. The molecule has 1 N–H and O–H groups in total. The maximum Gasteiger partial charge on any atom is 0.261 e. The van der Waals surface area contributed by atoms with Crippen LogP contribution in [0.5, 0.6) is 5.75 Å². The Morgan fingerprint density at radius 2 is 1.74 bits per heavy atom. The van der Waals surface area contributed by atoms with Gasteiger partial charge < -0.3 is 15.0 Å². The second-order valence-electron chi connectivity index (χ2n) is 6.07. The fourth-order valence-electron chi connectivity index (χ4n) is 2.59. The van der Waals surface area contributed by atoms with E-state index >= 15 is 0 Å². The third-order valence-corrected chi connectivity index (χ3v) is 4.96. The Morgan fingerprint density at radius 1 is 1.11 bits per heavy atom. The van der Waals surface area contributed by atoms with E-state index in [4.69, 9.17) is 27.9 Å². The number of amides is 2. The lowest BCUT2D eigenvalue weighted by molar-refractivity contribution is -0.142. The molecular weight excluding hydrogens is 387 g/mol. The van der Waals surface area contributed by atoms with Gasteiger partial charge in [0.15, 0.2) is 6.61 Å². The number of halogens is 2. The first-order valence-electron chi connectivity index (χ1n) is 8.47. The molecule has 0 unspecified atom stereocenters. The fourth-order valence-corrected chi connectivity index (χ4v) is 3.10. The maximum atomic E-state index is 12.9. The summed E-state index contributed by atoms with van der Waals surface area (Å²) in [5, 5.41) is 3.43. The normalized spacial score (nSPS) is 11.6. The van der Waals surface area contributed by atoms with Crippen LogP contribution in [0.4, 0.5) is 0 Å². The highest BCUT2D eigenvalue weighted by Crippen LogP contribution is 2.26. The summed E-state index contributed by atoms with van der Waals surface area (Å²) in [6.07, 6.45) is 0. The SMILES string of the molecule is CNC(=O)[C@H](C)N(Cc1c(Cl)cccc1Cl)C(=O)COc1ccccc1C. The first-order valence-corrected chi connectivity index (χ1v) is 9.23. The van der Waals surface area contributed by atoms with Gasteiger partial charge in [0.25, 0.3) is 5.91 Å². The average molecular weight is 409 g/mol. The molecule has 0 fully saturated rings. The van der Waals surface area contributed by atoms with Crippen LogP contribution in [0.3, 0.4) is 0 Å². The van der Waals surface area contributed by atoms with Gasteiger partial charge in [0.1, 0.15) is 11.8 Å². The van der Waals surface area contributed by atoms with E-state index in [1.165, 1.54) is 11.9 Å². The standard InChI is InChI=1S/C20H22Cl2N2O3/c1-13-7-4-5-10-18(13)27-12-19(25)24(14(2)20(26)23-3)11-15-16(21)8-6-9-17(15)22/h4-10,14H,11-12H2,1-3H3,(H,23,26)/t14-/m0/s1. The molecule has 2 rings (SSSR count).